The fourth-order valence-corrected chi connectivity index (χ4v) is 3.10. The largest absolute Gasteiger partial charge is 0.386 e. The van der Waals surface area contributed by atoms with Crippen molar-refractivity contribution in [2.45, 2.75) is 19.4 Å². The first-order chi connectivity index (χ1) is 11.2. The summed E-state index contributed by atoms with van der Waals surface area (Å²) in [6, 6.07) is 7.34. The van der Waals surface area contributed by atoms with Crippen LogP contribution < -0.4 is 5.32 Å². The first kappa shape index (κ1) is 21.5. The lowest BCUT2D eigenvalue weighted by Crippen LogP contribution is -2.40. The molecule has 1 fully saturated rings. The Morgan fingerprint density at radius 2 is 2.25 bits per heavy atom. The molecule has 2 N–H and O–H groups in total. The summed E-state index contributed by atoms with van der Waals surface area (Å²) in [4.78, 5) is 6.82. The maximum Gasteiger partial charge on any atom is 0.194 e. The van der Waals surface area contributed by atoms with Crippen LogP contribution in [0.15, 0.2) is 29.3 Å². The summed E-state index contributed by atoms with van der Waals surface area (Å²) in [5.74, 6) is 1.38. The monoisotopic (exact) mass is 467 g/mol. The van der Waals surface area contributed by atoms with Crippen molar-refractivity contribution in [1.82, 2.24) is 10.2 Å². The van der Waals surface area contributed by atoms with Crippen LogP contribution in [-0.2, 0) is 4.74 Å². The Hall–Kier alpha value is -0.570. The SMILES string of the molecule is CCNC(=NCC(O)c1ccccc1Cl)N1CCC(COC)C1.I. The van der Waals surface area contributed by atoms with Crippen LogP contribution in [0.3, 0.4) is 0 Å². The zero-order valence-corrected chi connectivity index (χ0v) is 17.3. The Kier molecular flexibility index (Phi) is 9.95. The number of aliphatic imine (C=N–C) groups is 1. The summed E-state index contributed by atoms with van der Waals surface area (Å²) in [7, 11) is 1.74. The Morgan fingerprint density at radius 1 is 1.50 bits per heavy atom. The molecule has 2 unspecified atom stereocenters. The molecule has 2 atom stereocenters. The van der Waals surface area contributed by atoms with Crippen molar-refractivity contribution >= 4 is 41.5 Å². The Labute approximate surface area is 166 Å². The maximum absolute atomic E-state index is 10.3. The first-order valence-electron chi connectivity index (χ1n) is 8.10. The van der Waals surface area contributed by atoms with Crippen LogP contribution >= 0.6 is 35.6 Å². The smallest absolute Gasteiger partial charge is 0.194 e. The van der Waals surface area contributed by atoms with Crippen LogP contribution in [-0.4, -0.2) is 55.9 Å². The number of benzene rings is 1. The number of aliphatic hydroxyl groups is 1. The van der Waals surface area contributed by atoms with Crippen LogP contribution in [0.5, 0.6) is 0 Å². The molecule has 1 aliphatic rings. The molecule has 0 saturated carbocycles. The average molecular weight is 468 g/mol. The van der Waals surface area contributed by atoms with E-state index in [0.29, 0.717) is 16.5 Å². The number of hydrogen-bond acceptors (Lipinski definition) is 3. The number of nitrogens with zero attached hydrogens (tertiary/aromatic N) is 2. The molecule has 0 aliphatic carbocycles. The Balaban J connectivity index is 0.00000288. The van der Waals surface area contributed by atoms with Gasteiger partial charge in [0.05, 0.1) is 13.2 Å². The fourth-order valence-electron chi connectivity index (χ4n) is 2.84. The molecule has 24 heavy (non-hydrogen) atoms. The predicted octanol–water partition coefficient (Wildman–Crippen LogP) is 2.93. The average Bonchev–Trinajstić information content (AvgIpc) is 3.00. The molecule has 0 aromatic heterocycles. The van der Waals surface area contributed by atoms with Gasteiger partial charge in [0.25, 0.3) is 0 Å². The standard InChI is InChI=1S/C17H26ClN3O2.HI/c1-3-19-17(21-9-8-13(11-21)12-23-2)20-10-16(22)14-6-4-5-7-15(14)18;/h4-7,13,16,22H,3,8-12H2,1-2H3,(H,19,20);1H. The minimum absolute atomic E-state index is 0. The lowest BCUT2D eigenvalue weighted by atomic mass is 10.1. The number of aliphatic hydroxyl groups excluding tert-OH is 1. The number of guanidine groups is 1. The zero-order chi connectivity index (χ0) is 16.7. The predicted molar refractivity (Wildman–Crippen MR) is 109 cm³/mol. The second-order valence-electron chi connectivity index (χ2n) is 5.79. The lowest BCUT2D eigenvalue weighted by Gasteiger charge is -2.22. The number of ether oxygens (including phenoxy) is 1. The van der Waals surface area contributed by atoms with E-state index in [2.05, 4.69) is 15.2 Å². The van der Waals surface area contributed by atoms with Gasteiger partial charge in [-0.25, -0.2) is 0 Å². The minimum Gasteiger partial charge on any atom is -0.386 e. The lowest BCUT2D eigenvalue weighted by molar-refractivity contribution is 0.157. The molecule has 0 spiro atoms. The number of hydrogen-bond donors (Lipinski definition) is 2. The molecule has 2 rings (SSSR count). The van der Waals surface area contributed by atoms with Crippen molar-refractivity contribution in [2.24, 2.45) is 10.9 Å². The summed E-state index contributed by atoms with van der Waals surface area (Å²) >= 11 is 6.13. The molecule has 0 bridgehead atoms. The van der Waals surface area contributed by atoms with Gasteiger partial charge < -0.3 is 20.1 Å². The number of rotatable bonds is 6. The van der Waals surface area contributed by atoms with Gasteiger partial charge in [0.15, 0.2) is 5.96 Å². The maximum atomic E-state index is 10.3. The number of nitrogens with one attached hydrogen (secondary N) is 1. The van der Waals surface area contributed by atoms with Crippen molar-refractivity contribution < 1.29 is 9.84 Å². The minimum atomic E-state index is -0.699. The fraction of sp³-hybridized carbons (Fsp3) is 0.588. The highest BCUT2D eigenvalue weighted by Crippen LogP contribution is 2.23. The summed E-state index contributed by atoms with van der Waals surface area (Å²) in [5.41, 5.74) is 0.715. The van der Waals surface area contributed by atoms with Crippen molar-refractivity contribution in [1.29, 1.82) is 0 Å². The molecule has 0 radical (unpaired) electrons. The third kappa shape index (κ3) is 6.06. The molecule has 1 saturated heterocycles. The van der Waals surface area contributed by atoms with E-state index in [1.807, 2.05) is 25.1 Å². The summed E-state index contributed by atoms with van der Waals surface area (Å²) in [6.07, 6.45) is 0.403. The zero-order valence-electron chi connectivity index (χ0n) is 14.2. The van der Waals surface area contributed by atoms with E-state index in [1.54, 1.807) is 13.2 Å². The van der Waals surface area contributed by atoms with E-state index in [4.69, 9.17) is 16.3 Å². The number of likely N-dealkylation sites (tertiary alicyclic amines) is 1. The molecule has 0 amide bonds. The molecule has 1 aromatic carbocycles. The number of methoxy groups -OCH3 is 1. The van der Waals surface area contributed by atoms with Crippen LogP contribution in [0.1, 0.15) is 25.0 Å². The van der Waals surface area contributed by atoms with Gasteiger partial charge in [-0.05, 0) is 19.4 Å². The summed E-state index contributed by atoms with van der Waals surface area (Å²) < 4.78 is 5.24. The molecule has 1 heterocycles. The van der Waals surface area contributed by atoms with Crippen molar-refractivity contribution in [3.8, 4) is 0 Å². The highest BCUT2D eigenvalue weighted by molar-refractivity contribution is 14.0. The van der Waals surface area contributed by atoms with E-state index >= 15 is 0 Å². The topological polar surface area (TPSA) is 57.1 Å². The number of halogens is 2. The molecular weight excluding hydrogens is 441 g/mol. The highest BCUT2D eigenvalue weighted by atomic mass is 127. The van der Waals surface area contributed by atoms with E-state index in [-0.39, 0.29) is 30.5 Å². The second kappa shape index (κ2) is 11.1. The molecule has 5 nitrogen and oxygen atoms in total. The molecule has 1 aromatic rings. The van der Waals surface area contributed by atoms with Gasteiger partial charge in [0.1, 0.15) is 6.10 Å². The van der Waals surface area contributed by atoms with E-state index < -0.39 is 6.10 Å². The third-order valence-electron chi connectivity index (χ3n) is 4.00. The first-order valence-corrected chi connectivity index (χ1v) is 8.48. The van der Waals surface area contributed by atoms with Crippen LogP contribution in [0, 0.1) is 5.92 Å². The second-order valence-corrected chi connectivity index (χ2v) is 6.20. The molecule has 1 aliphatic heterocycles. The normalized spacial score (nSPS) is 19.1. The quantitative estimate of drug-likeness (QED) is 0.384. The summed E-state index contributed by atoms with van der Waals surface area (Å²) in [5, 5.41) is 14.2. The molecule has 7 heteroatoms. The van der Waals surface area contributed by atoms with Crippen LogP contribution in [0.4, 0.5) is 0 Å². The Morgan fingerprint density at radius 3 is 2.92 bits per heavy atom. The van der Waals surface area contributed by atoms with Gasteiger partial charge in [0.2, 0.25) is 0 Å². The van der Waals surface area contributed by atoms with Crippen LogP contribution in [0.25, 0.3) is 0 Å². The summed E-state index contributed by atoms with van der Waals surface area (Å²) in [6.45, 7) is 5.80. The van der Waals surface area contributed by atoms with Gasteiger partial charge in [-0.15, -0.1) is 24.0 Å². The van der Waals surface area contributed by atoms with E-state index in [9.17, 15) is 5.11 Å². The van der Waals surface area contributed by atoms with Crippen molar-refractivity contribution in [2.75, 3.05) is 39.9 Å². The van der Waals surface area contributed by atoms with Crippen LogP contribution in [0.2, 0.25) is 5.02 Å². The Bertz CT molecular complexity index is 530. The van der Waals surface area contributed by atoms with Crippen molar-refractivity contribution in [3.05, 3.63) is 34.9 Å². The van der Waals surface area contributed by atoms with Gasteiger partial charge in [0, 0.05) is 43.2 Å². The van der Waals surface area contributed by atoms with E-state index in [1.165, 1.54) is 0 Å². The van der Waals surface area contributed by atoms with Gasteiger partial charge in [-0.2, -0.15) is 0 Å². The van der Waals surface area contributed by atoms with Gasteiger partial charge >= 0.3 is 0 Å². The third-order valence-corrected chi connectivity index (χ3v) is 4.35. The highest BCUT2D eigenvalue weighted by Gasteiger charge is 2.25. The molecule has 136 valence electrons. The van der Waals surface area contributed by atoms with Gasteiger partial charge in [-0.1, -0.05) is 29.8 Å². The van der Waals surface area contributed by atoms with E-state index in [0.717, 1.165) is 38.6 Å². The van der Waals surface area contributed by atoms with Crippen molar-refractivity contribution in [3.63, 3.8) is 0 Å². The van der Waals surface area contributed by atoms with Gasteiger partial charge in [-0.3, -0.25) is 4.99 Å². The molecular formula is C17H27ClIN3O2.